The van der Waals surface area contributed by atoms with Crippen molar-refractivity contribution in [3.8, 4) is 11.1 Å². The van der Waals surface area contributed by atoms with E-state index >= 15 is 0 Å². The number of carbonyl (C=O) groups is 2. The van der Waals surface area contributed by atoms with Gasteiger partial charge in [-0.25, -0.2) is 17.2 Å². The number of nitrogens with zero attached hydrogens (tertiary/aromatic N) is 2. The first-order chi connectivity index (χ1) is 16.9. The maximum atomic E-state index is 13.5. The molecule has 0 bridgehead atoms. The number of hydrogen-bond acceptors (Lipinski definition) is 5. The molecule has 9 heteroatoms. The van der Waals surface area contributed by atoms with Gasteiger partial charge in [-0.1, -0.05) is 48.5 Å². The van der Waals surface area contributed by atoms with E-state index in [1.54, 1.807) is 18.3 Å². The van der Waals surface area contributed by atoms with E-state index in [1.165, 1.54) is 40.2 Å². The Labute approximate surface area is 202 Å². The quantitative estimate of drug-likeness (QED) is 0.461. The number of benzene rings is 3. The highest BCUT2D eigenvalue weighted by atomic mass is 32.2. The Morgan fingerprint density at radius 3 is 2.26 bits per heavy atom. The van der Waals surface area contributed by atoms with Crippen molar-refractivity contribution in [1.82, 2.24) is 14.2 Å². The normalized spacial score (nSPS) is 13.9. The number of carbonyl (C=O) groups excluding carboxylic acids is 2. The standard InChI is InChI=1S/C26H23N3O5S/c1-34-26(31)28-15-20(16-28)27-25(30)19-11-13-21(14-12-19)35(32,33)29-17-23(18-7-3-2-4-8-18)22-9-5-6-10-24(22)29/h2-14,17,20H,15-16H2,1H3,(H,27,30). The lowest BCUT2D eigenvalue weighted by molar-refractivity contribution is 0.0697. The number of rotatable bonds is 5. The molecule has 5 rings (SSSR count). The molecule has 0 spiro atoms. The molecule has 0 unspecified atom stereocenters. The molecule has 2 amide bonds. The minimum atomic E-state index is -3.90. The van der Waals surface area contributed by atoms with Crippen LogP contribution in [0.3, 0.4) is 0 Å². The predicted molar refractivity (Wildman–Crippen MR) is 132 cm³/mol. The third-order valence-electron chi connectivity index (χ3n) is 6.09. The molecule has 1 N–H and O–H groups in total. The molecule has 3 aromatic carbocycles. The van der Waals surface area contributed by atoms with Gasteiger partial charge in [-0.2, -0.15) is 0 Å². The average Bonchev–Trinajstić information content (AvgIpc) is 3.26. The predicted octanol–water partition coefficient (Wildman–Crippen LogP) is 3.73. The second-order valence-corrected chi connectivity index (χ2v) is 10.1. The van der Waals surface area contributed by atoms with Gasteiger partial charge in [0.05, 0.1) is 23.6 Å². The summed E-state index contributed by atoms with van der Waals surface area (Å²) in [5.41, 5.74) is 2.66. The van der Waals surface area contributed by atoms with E-state index < -0.39 is 16.1 Å². The fourth-order valence-corrected chi connectivity index (χ4v) is 5.57. The molecule has 1 saturated heterocycles. The lowest BCUT2D eigenvalue weighted by atomic mass is 10.1. The lowest BCUT2D eigenvalue weighted by Crippen LogP contribution is -2.60. The molecule has 4 aromatic rings. The summed E-state index contributed by atoms with van der Waals surface area (Å²) >= 11 is 0. The molecule has 0 saturated carbocycles. The van der Waals surface area contributed by atoms with Crippen LogP contribution in [0.5, 0.6) is 0 Å². The van der Waals surface area contributed by atoms with Gasteiger partial charge in [-0.3, -0.25) is 4.79 Å². The van der Waals surface area contributed by atoms with Crippen LogP contribution in [0.1, 0.15) is 10.4 Å². The number of hydrogen-bond donors (Lipinski definition) is 1. The third kappa shape index (κ3) is 4.15. The Morgan fingerprint density at radius 1 is 0.914 bits per heavy atom. The maximum absolute atomic E-state index is 13.5. The molecule has 35 heavy (non-hydrogen) atoms. The number of ether oxygens (including phenoxy) is 1. The number of likely N-dealkylation sites (tertiary alicyclic amines) is 1. The molecule has 1 aliphatic heterocycles. The Balaban J connectivity index is 1.39. The highest BCUT2D eigenvalue weighted by Gasteiger charge is 2.32. The Bertz CT molecular complexity index is 1510. The van der Waals surface area contributed by atoms with E-state index in [4.69, 9.17) is 0 Å². The average molecular weight is 490 g/mol. The summed E-state index contributed by atoms with van der Waals surface area (Å²) in [6.07, 6.45) is 1.21. The molecule has 0 aliphatic carbocycles. The Morgan fingerprint density at radius 2 is 1.57 bits per heavy atom. The number of para-hydroxylation sites is 1. The zero-order valence-corrected chi connectivity index (χ0v) is 19.7. The van der Waals surface area contributed by atoms with Gasteiger partial charge in [0.25, 0.3) is 15.9 Å². The van der Waals surface area contributed by atoms with Crippen LogP contribution >= 0.6 is 0 Å². The van der Waals surface area contributed by atoms with Crippen LogP contribution in [0.4, 0.5) is 4.79 Å². The summed E-state index contributed by atoms with van der Waals surface area (Å²) in [4.78, 5) is 25.6. The fraction of sp³-hybridized carbons (Fsp3) is 0.154. The van der Waals surface area contributed by atoms with Gasteiger partial charge < -0.3 is 15.0 Å². The number of fused-ring (bicyclic) bond motifs is 1. The van der Waals surface area contributed by atoms with Gasteiger partial charge >= 0.3 is 6.09 Å². The molecule has 0 atom stereocenters. The molecule has 8 nitrogen and oxygen atoms in total. The van der Waals surface area contributed by atoms with Crippen LogP contribution in [0, 0.1) is 0 Å². The highest BCUT2D eigenvalue weighted by molar-refractivity contribution is 7.90. The van der Waals surface area contributed by atoms with Crippen LogP contribution < -0.4 is 5.32 Å². The lowest BCUT2D eigenvalue weighted by Gasteiger charge is -2.38. The summed E-state index contributed by atoms with van der Waals surface area (Å²) in [5, 5.41) is 3.67. The molecule has 1 aromatic heterocycles. The first-order valence-corrected chi connectivity index (χ1v) is 12.5. The van der Waals surface area contributed by atoms with Crippen molar-refractivity contribution < 1.29 is 22.7 Å². The monoisotopic (exact) mass is 489 g/mol. The Hall–Kier alpha value is -4.11. The number of methoxy groups -OCH3 is 1. The first kappa shape index (κ1) is 22.7. The molecule has 2 heterocycles. The first-order valence-electron chi connectivity index (χ1n) is 11.0. The molecule has 178 valence electrons. The van der Waals surface area contributed by atoms with Gasteiger partial charge in [-0.05, 0) is 35.9 Å². The molecular formula is C26H23N3O5S. The van der Waals surface area contributed by atoms with Crippen molar-refractivity contribution in [1.29, 1.82) is 0 Å². The van der Waals surface area contributed by atoms with Gasteiger partial charge in [0.2, 0.25) is 0 Å². The van der Waals surface area contributed by atoms with Crippen molar-refractivity contribution in [2.24, 2.45) is 0 Å². The van der Waals surface area contributed by atoms with E-state index in [1.807, 2.05) is 42.5 Å². The zero-order valence-electron chi connectivity index (χ0n) is 18.9. The van der Waals surface area contributed by atoms with E-state index in [2.05, 4.69) is 10.1 Å². The number of nitrogens with one attached hydrogen (secondary N) is 1. The molecule has 1 fully saturated rings. The van der Waals surface area contributed by atoms with Crippen molar-refractivity contribution in [3.63, 3.8) is 0 Å². The van der Waals surface area contributed by atoms with Crippen LogP contribution in [-0.2, 0) is 14.8 Å². The summed E-state index contributed by atoms with van der Waals surface area (Å²) in [7, 11) is -2.60. The van der Waals surface area contributed by atoms with Gasteiger partial charge in [-0.15, -0.1) is 0 Å². The summed E-state index contributed by atoms with van der Waals surface area (Å²) in [6, 6.07) is 22.7. The third-order valence-corrected chi connectivity index (χ3v) is 7.77. The minimum Gasteiger partial charge on any atom is -0.453 e. The second kappa shape index (κ2) is 8.92. The van der Waals surface area contributed by atoms with E-state index in [0.29, 0.717) is 24.2 Å². The summed E-state index contributed by atoms with van der Waals surface area (Å²) in [6.45, 7) is 0.741. The van der Waals surface area contributed by atoms with Gasteiger partial charge in [0.15, 0.2) is 0 Å². The van der Waals surface area contributed by atoms with Crippen LogP contribution in [0.25, 0.3) is 22.0 Å². The van der Waals surface area contributed by atoms with Gasteiger partial charge in [0, 0.05) is 35.8 Å². The Kier molecular flexibility index (Phi) is 5.78. The van der Waals surface area contributed by atoms with E-state index in [9.17, 15) is 18.0 Å². The smallest absolute Gasteiger partial charge is 0.409 e. The van der Waals surface area contributed by atoms with Crippen molar-refractivity contribution in [3.05, 3.63) is 90.6 Å². The van der Waals surface area contributed by atoms with E-state index in [-0.39, 0.29) is 16.8 Å². The van der Waals surface area contributed by atoms with Crippen molar-refractivity contribution in [2.75, 3.05) is 20.2 Å². The van der Waals surface area contributed by atoms with Crippen LogP contribution in [0.2, 0.25) is 0 Å². The SMILES string of the molecule is COC(=O)N1CC(NC(=O)c2ccc(S(=O)(=O)n3cc(-c4ccccc4)c4ccccc43)cc2)C1. The van der Waals surface area contributed by atoms with Crippen LogP contribution in [-0.4, -0.2) is 55.5 Å². The molecule has 0 radical (unpaired) electrons. The topological polar surface area (TPSA) is 97.7 Å². The second-order valence-electron chi connectivity index (χ2n) is 8.30. The molecular weight excluding hydrogens is 466 g/mol. The van der Waals surface area contributed by atoms with E-state index in [0.717, 1.165) is 16.5 Å². The number of aromatic nitrogens is 1. The fourth-order valence-electron chi connectivity index (χ4n) is 4.21. The largest absolute Gasteiger partial charge is 0.453 e. The minimum absolute atomic E-state index is 0.0786. The van der Waals surface area contributed by atoms with Crippen molar-refractivity contribution in [2.45, 2.75) is 10.9 Å². The zero-order chi connectivity index (χ0) is 24.6. The maximum Gasteiger partial charge on any atom is 0.409 e. The van der Waals surface area contributed by atoms with Gasteiger partial charge in [0.1, 0.15) is 0 Å². The van der Waals surface area contributed by atoms with Crippen LogP contribution in [0.15, 0.2) is 90.0 Å². The van der Waals surface area contributed by atoms with Crippen molar-refractivity contribution >= 4 is 32.9 Å². The molecule has 1 aliphatic rings. The highest BCUT2D eigenvalue weighted by Crippen LogP contribution is 2.33. The summed E-state index contributed by atoms with van der Waals surface area (Å²) < 4.78 is 33.0. The summed E-state index contributed by atoms with van der Waals surface area (Å²) in [5.74, 6) is -0.332. The number of amides is 2.